The molecule has 1 aromatic rings. The summed E-state index contributed by atoms with van der Waals surface area (Å²) in [6, 6.07) is 7.48. The number of hydrogen-bond donors (Lipinski definition) is 3. The molecule has 1 aliphatic rings. The Bertz CT molecular complexity index is 519. The maximum absolute atomic E-state index is 12.0. The molecule has 128 valence electrons. The summed E-state index contributed by atoms with van der Waals surface area (Å²) >= 11 is 0. The van der Waals surface area contributed by atoms with Crippen molar-refractivity contribution in [1.29, 1.82) is 0 Å². The van der Waals surface area contributed by atoms with E-state index in [0.717, 1.165) is 24.1 Å². The van der Waals surface area contributed by atoms with Crippen LogP contribution in [0.2, 0.25) is 0 Å². The van der Waals surface area contributed by atoms with Gasteiger partial charge in [0, 0.05) is 31.8 Å². The number of carbonyl (C=O) groups is 2. The van der Waals surface area contributed by atoms with E-state index in [-0.39, 0.29) is 30.3 Å². The van der Waals surface area contributed by atoms with Crippen molar-refractivity contribution in [3.63, 3.8) is 0 Å². The number of hydrogen-bond acceptors (Lipinski definition) is 4. The van der Waals surface area contributed by atoms with Gasteiger partial charge in [0.2, 0.25) is 5.91 Å². The number of halogens is 1. The van der Waals surface area contributed by atoms with E-state index >= 15 is 0 Å². The van der Waals surface area contributed by atoms with Gasteiger partial charge in [-0.3, -0.25) is 9.59 Å². The Morgan fingerprint density at radius 1 is 1.35 bits per heavy atom. The van der Waals surface area contributed by atoms with E-state index in [1.807, 2.05) is 31.3 Å². The predicted octanol–water partition coefficient (Wildman–Crippen LogP) is 1.45. The third kappa shape index (κ3) is 6.56. The zero-order valence-corrected chi connectivity index (χ0v) is 14.1. The molecule has 0 spiro atoms. The fourth-order valence-electron chi connectivity index (χ4n) is 2.29. The summed E-state index contributed by atoms with van der Waals surface area (Å²) in [6.45, 7) is 1.76. The van der Waals surface area contributed by atoms with Gasteiger partial charge in [0.15, 0.2) is 0 Å². The van der Waals surface area contributed by atoms with E-state index in [1.54, 1.807) is 0 Å². The van der Waals surface area contributed by atoms with Crippen LogP contribution < -0.4 is 16.0 Å². The second-order valence-corrected chi connectivity index (χ2v) is 5.32. The Morgan fingerprint density at radius 3 is 2.87 bits per heavy atom. The Morgan fingerprint density at radius 2 is 2.17 bits per heavy atom. The van der Waals surface area contributed by atoms with Crippen LogP contribution in [0.4, 0.5) is 5.69 Å². The molecule has 0 bridgehead atoms. The monoisotopic (exact) mass is 341 g/mol. The van der Waals surface area contributed by atoms with Crippen LogP contribution in [-0.2, 0) is 20.9 Å². The van der Waals surface area contributed by atoms with Crippen molar-refractivity contribution in [2.75, 3.05) is 25.5 Å². The van der Waals surface area contributed by atoms with Gasteiger partial charge in [-0.15, -0.1) is 12.4 Å². The molecule has 1 aliphatic heterocycles. The van der Waals surface area contributed by atoms with Crippen molar-refractivity contribution in [3.05, 3.63) is 29.8 Å². The third-order valence-electron chi connectivity index (χ3n) is 3.51. The molecule has 1 unspecified atom stereocenters. The van der Waals surface area contributed by atoms with Crippen molar-refractivity contribution in [2.45, 2.75) is 31.9 Å². The van der Waals surface area contributed by atoms with Crippen LogP contribution in [0.3, 0.4) is 0 Å². The Hall–Kier alpha value is -1.63. The second-order valence-electron chi connectivity index (χ2n) is 5.32. The van der Waals surface area contributed by atoms with Gasteiger partial charge in [-0.05, 0) is 37.6 Å². The van der Waals surface area contributed by atoms with Crippen LogP contribution in [0, 0.1) is 0 Å². The van der Waals surface area contributed by atoms with Crippen LogP contribution in [0.5, 0.6) is 0 Å². The van der Waals surface area contributed by atoms with Gasteiger partial charge in [-0.1, -0.05) is 12.1 Å². The molecule has 1 saturated heterocycles. The number of ether oxygens (including phenoxy) is 1. The van der Waals surface area contributed by atoms with Gasteiger partial charge in [-0.25, -0.2) is 0 Å². The smallest absolute Gasteiger partial charge is 0.253 e. The molecule has 0 aromatic heterocycles. The van der Waals surface area contributed by atoms with Gasteiger partial charge < -0.3 is 20.7 Å². The standard InChI is InChI=1S/C16H23N3O3.ClH/c1-17-8-7-15(20)18-11-12-4-2-5-13(10-12)19-16(21)14-6-3-9-22-14;/h2,4-5,10,14,17H,3,6-9,11H2,1H3,(H,18,20)(H,19,21);1H. The Balaban J connectivity index is 0.00000264. The number of anilines is 1. The van der Waals surface area contributed by atoms with Crippen LogP contribution in [-0.4, -0.2) is 38.1 Å². The quantitative estimate of drug-likeness (QED) is 0.701. The molecule has 1 aromatic carbocycles. The van der Waals surface area contributed by atoms with Crippen LogP contribution in [0.25, 0.3) is 0 Å². The number of benzene rings is 1. The Kier molecular flexibility index (Phi) is 8.61. The van der Waals surface area contributed by atoms with E-state index in [4.69, 9.17) is 4.74 Å². The number of rotatable bonds is 7. The highest BCUT2D eigenvalue weighted by molar-refractivity contribution is 5.94. The van der Waals surface area contributed by atoms with Crippen molar-refractivity contribution in [1.82, 2.24) is 10.6 Å². The minimum Gasteiger partial charge on any atom is -0.368 e. The van der Waals surface area contributed by atoms with Crippen molar-refractivity contribution in [2.24, 2.45) is 0 Å². The van der Waals surface area contributed by atoms with Gasteiger partial charge in [0.05, 0.1) is 0 Å². The van der Waals surface area contributed by atoms with E-state index in [9.17, 15) is 9.59 Å². The number of carbonyl (C=O) groups excluding carboxylic acids is 2. The molecular formula is C16H24ClN3O3. The molecular weight excluding hydrogens is 318 g/mol. The topological polar surface area (TPSA) is 79.5 Å². The molecule has 0 radical (unpaired) electrons. The summed E-state index contributed by atoms with van der Waals surface area (Å²) in [7, 11) is 1.81. The summed E-state index contributed by atoms with van der Waals surface area (Å²) in [4.78, 5) is 23.6. The molecule has 6 nitrogen and oxygen atoms in total. The SMILES string of the molecule is CNCCC(=O)NCc1cccc(NC(=O)C2CCCO2)c1.Cl. The fourth-order valence-corrected chi connectivity index (χ4v) is 2.29. The first kappa shape index (κ1) is 19.4. The first-order valence-corrected chi connectivity index (χ1v) is 7.62. The normalized spacial score (nSPS) is 16.5. The van der Waals surface area contributed by atoms with Crippen LogP contribution >= 0.6 is 12.4 Å². The van der Waals surface area contributed by atoms with Crippen molar-refractivity contribution < 1.29 is 14.3 Å². The lowest BCUT2D eigenvalue weighted by atomic mass is 10.2. The first-order valence-electron chi connectivity index (χ1n) is 7.62. The van der Waals surface area contributed by atoms with E-state index in [1.165, 1.54) is 0 Å². The highest BCUT2D eigenvalue weighted by Crippen LogP contribution is 2.16. The van der Waals surface area contributed by atoms with Crippen LogP contribution in [0.1, 0.15) is 24.8 Å². The molecule has 23 heavy (non-hydrogen) atoms. The van der Waals surface area contributed by atoms with E-state index in [2.05, 4.69) is 16.0 Å². The molecule has 3 N–H and O–H groups in total. The predicted molar refractivity (Wildman–Crippen MR) is 91.7 cm³/mol. The van der Waals surface area contributed by atoms with Gasteiger partial charge in [0.1, 0.15) is 6.10 Å². The fraction of sp³-hybridized carbons (Fsp3) is 0.500. The molecule has 2 amide bonds. The summed E-state index contributed by atoms with van der Waals surface area (Å²) in [5, 5.41) is 8.65. The second kappa shape index (κ2) is 10.2. The third-order valence-corrected chi connectivity index (χ3v) is 3.51. The molecule has 0 aliphatic carbocycles. The maximum Gasteiger partial charge on any atom is 0.253 e. The average Bonchev–Trinajstić information content (AvgIpc) is 3.06. The zero-order chi connectivity index (χ0) is 15.8. The average molecular weight is 342 g/mol. The summed E-state index contributed by atoms with van der Waals surface area (Å²) < 4.78 is 5.36. The Labute approximate surface area is 142 Å². The van der Waals surface area contributed by atoms with Gasteiger partial charge in [-0.2, -0.15) is 0 Å². The van der Waals surface area contributed by atoms with Crippen molar-refractivity contribution in [3.8, 4) is 0 Å². The maximum atomic E-state index is 12.0. The number of amides is 2. The minimum absolute atomic E-state index is 0. The summed E-state index contributed by atoms with van der Waals surface area (Å²) in [5.41, 5.74) is 1.67. The van der Waals surface area contributed by atoms with Gasteiger partial charge >= 0.3 is 0 Å². The van der Waals surface area contributed by atoms with Crippen LogP contribution in [0.15, 0.2) is 24.3 Å². The molecule has 1 heterocycles. The highest BCUT2D eigenvalue weighted by atomic mass is 35.5. The number of nitrogens with one attached hydrogen (secondary N) is 3. The molecule has 1 fully saturated rings. The molecule has 0 saturated carbocycles. The van der Waals surface area contributed by atoms with E-state index in [0.29, 0.717) is 26.1 Å². The highest BCUT2D eigenvalue weighted by Gasteiger charge is 2.23. The zero-order valence-electron chi connectivity index (χ0n) is 13.3. The van der Waals surface area contributed by atoms with E-state index < -0.39 is 0 Å². The first-order chi connectivity index (χ1) is 10.7. The minimum atomic E-state index is -0.343. The summed E-state index contributed by atoms with van der Waals surface area (Å²) in [5.74, 6) is -0.101. The molecule has 7 heteroatoms. The summed E-state index contributed by atoms with van der Waals surface area (Å²) in [6.07, 6.45) is 1.81. The molecule has 1 atom stereocenters. The lowest BCUT2D eigenvalue weighted by molar-refractivity contribution is -0.124. The van der Waals surface area contributed by atoms with Gasteiger partial charge in [0.25, 0.3) is 5.91 Å². The lowest BCUT2D eigenvalue weighted by Gasteiger charge is -2.12. The van der Waals surface area contributed by atoms with Crippen molar-refractivity contribution >= 4 is 29.9 Å². The molecule has 2 rings (SSSR count). The largest absolute Gasteiger partial charge is 0.368 e. The lowest BCUT2D eigenvalue weighted by Crippen LogP contribution is -2.27.